The van der Waals surface area contributed by atoms with Crippen LogP contribution in [0.4, 0.5) is 0 Å². The molecule has 0 saturated heterocycles. The van der Waals surface area contributed by atoms with Crippen LogP contribution in [0.1, 0.15) is 52.4 Å². The summed E-state index contributed by atoms with van der Waals surface area (Å²) in [4.78, 5) is 2.67. The van der Waals surface area contributed by atoms with Gasteiger partial charge in [-0.05, 0) is 44.2 Å². The summed E-state index contributed by atoms with van der Waals surface area (Å²) in [7, 11) is 0. The Morgan fingerprint density at radius 1 is 1.07 bits per heavy atom. The smallest absolute Gasteiger partial charge is 0.0100 e. The molecular weight excluding hydrogens is 250 g/mol. The third-order valence-corrected chi connectivity index (χ3v) is 4.78. The van der Waals surface area contributed by atoms with Crippen LogP contribution in [-0.2, 0) is 0 Å². The summed E-state index contributed by atoms with van der Waals surface area (Å²) >= 11 is 3.74. The maximum absolute atomic E-state index is 3.74. The Morgan fingerprint density at radius 2 is 1.60 bits per heavy atom. The number of nitrogens with zero attached hydrogens (tertiary/aromatic N) is 1. The molecule has 0 unspecified atom stereocenters. The summed E-state index contributed by atoms with van der Waals surface area (Å²) in [5.74, 6) is 0. The van der Waals surface area contributed by atoms with Crippen LogP contribution in [0.15, 0.2) is 0 Å². The van der Waals surface area contributed by atoms with Crippen LogP contribution in [0.25, 0.3) is 0 Å². The van der Waals surface area contributed by atoms with Gasteiger partial charge in [-0.15, -0.1) is 0 Å². The predicted molar refractivity (Wildman–Crippen MR) is 71.7 cm³/mol. The molecule has 0 aliphatic heterocycles. The Hall–Kier alpha value is 0.440. The molecule has 2 heteroatoms. The minimum absolute atomic E-state index is 0.602. The molecule has 1 aliphatic rings. The highest BCUT2D eigenvalue weighted by Crippen LogP contribution is 2.40. The highest BCUT2D eigenvalue weighted by atomic mass is 79.9. The molecule has 1 saturated carbocycles. The molecule has 0 aromatic rings. The van der Waals surface area contributed by atoms with Crippen molar-refractivity contribution in [3.05, 3.63) is 0 Å². The van der Waals surface area contributed by atoms with Crippen LogP contribution < -0.4 is 0 Å². The lowest BCUT2D eigenvalue weighted by atomic mass is 9.88. The van der Waals surface area contributed by atoms with Gasteiger partial charge < -0.3 is 4.90 Å². The summed E-state index contributed by atoms with van der Waals surface area (Å²) < 4.78 is 0. The number of hydrogen-bond acceptors (Lipinski definition) is 1. The predicted octanol–water partition coefficient (Wildman–Crippen LogP) is 4.06. The topological polar surface area (TPSA) is 3.24 Å². The van der Waals surface area contributed by atoms with Crippen LogP contribution in [0, 0.1) is 5.41 Å². The van der Waals surface area contributed by atoms with E-state index in [0.717, 1.165) is 0 Å². The van der Waals surface area contributed by atoms with Crippen LogP contribution in [-0.4, -0.2) is 29.9 Å². The van der Waals surface area contributed by atoms with E-state index in [1.807, 2.05) is 0 Å². The van der Waals surface area contributed by atoms with Crippen LogP contribution in [0.2, 0.25) is 0 Å². The highest BCUT2D eigenvalue weighted by Gasteiger charge is 2.34. The first-order chi connectivity index (χ1) is 7.26. The molecule has 0 bridgehead atoms. The van der Waals surface area contributed by atoms with Gasteiger partial charge in [0.1, 0.15) is 0 Å². The zero-order valence-electron chi connectivity index (χ0n) is 10.4. The molecule has 0 spiro atoms. The van der Waals surface area contributed by atoms with Gasteiger partial charge >= 0.3 is 0 Å². The fourth-order valence-electron chi connectivity index (χ4n) is 2.84. The van der Waals surface area contributed by atoms with Crippen molar-refractivity contribution in [2.45, 2.75) is 52.4 Å². The van der Waals surface area contributed by atoms with Gasteiger partial charge in [0.25, 0.3) is 0 Å². The molecule has 0 aromatic heterocycles. The first-order valence-electron chi connectivity index (χ1n) is 6.54. The molecule has 0 radical (unpaired) electrons. The number of halogens is 1. The summed E-state index contributed by atoms with van der Waals surface area (Å²) in [5.41, 5.74) is 0.602. The average molecular weight is 276 g/mol. The Kier molecular flexibility index (Phi) is 6.21. The molecule has 15 heavy (non-hydrogen) atoms. The monoisotopic (exact) mass is 275 g/mol. The van der Waals surface area contributed by atoms with Gasteiger partial charge in [-0.2, -0.15) is 0 Å². The standard InChI is InChI=1S/C13H26BrN/c1-3-9-15(10-4-2)12-13(11-14)7-5-6-8-13/h3-12H2,1-2H3. The van der Waals surface area contributed by atoms with Crippen molar-refractivity contribution in [1.29, 1.82) is 0 Å². The van der Waals surface area contributed by atoms with E-state index in [1.54, 1.807) is 0 Å². The lowest BCUT2D eigenvalue weighted by Gasteiger charge is -2.34. The maximum Gasteiger partial charge on any atom is 0.0100 e. The number of rotatable bonds is 7. The second-order valence-electron chi connectivity index (χ2n) is 5.12. The van der Waals surface area contributed by atoms with E-state index >= 15 is 0 Å². The zero-order chi connectivity index (χ0) is 11.1. The lowest BCUT2D eigenvalue weighted by Crippen LogP contribution is -2.38. The van der Waals surface area contributed by atoms with Gasteiger partial charge in [0.15, 0.2) is 0 Å². The van der Waals surface area contributed by atoms with Crippen molar-refractivity contribution in [1.82, 2.24) is 4.90 Å². The van der Waals surface area contributed by atoms with E-state index in [-0.39, 0.29) is 0 Å². The molecule has 1 rings (SSSR count). The molecule has 1 aliphatic carbocycles. The fraction of sp³-hybridized carbons (Fsp3) is 1.00. The van der Waals surface area contributed by atoms with Crippen molar-refractivity contribution >= 4 is 15.9 Å². The second kappa shape index (κ2) is 6.90. The fourth-order valence-corrected chi connectivity index (χ4v) is 3.57. The van der Waals surface area contributed by atoms with E-state index in [4.69, 9.17) is 0 Å². The number of alkyl halides is 1. The average Bonchev–Trinajstić information content (AvgIpc) is 2.68. The van der Waals surface area contributed by atoms with E-state index in [2.05, 4.69) is 34.7 Å². The quantitative estimate of drug-likeness (QED) is 0.634. The van der Waals surface area contributed by atoms with Gasteiger partial charge in [0, 0.05) is 11.9 Å². The van der Waals surface area contributed by atoms with Crippen LogP contribution >= 0.6 is 15.9 Å². The maximum atomic E-state index is 3.74. The van der Waals surface area contributed by atoms with Crippen molar-refractivity contribution < 1.29 is 0 Å². The molecule has 0 heterocycles. The zero-order valence-corrected chi connectivity index (χ0v) is 12.0. The Bertz CT molecular complexity index is 158. The summed E-state index contributed by atoms with van der Waals surface area (Å²) in [6.07, 6.45) is 8.33. The Morgan fingerprint density at radius 3 is 2.00 bits per heavy atom. The molecule has 1 nitrogen and oxygen atoms in total. The molecule has 0 aromatic carbocycles. The first-order valence-corrected chi connectivity index (χ1v) is 7.67. The Balaban J connectivity index is 2.46. The molecule has 0 amide bonds. The van der Waals surface area contributed by atoms with Gasteiger partial charge in [0.2, 0.25) is 0 Å². The van der Waals surface area contributed by atoms with Crippen LogP contribution in [0.5, 0.6) is 0 Å². The normalized spacial score (nSPS) is 20.0. The van der Waals surface area contributed by atoms with Crippen molar-refractivity contribution in [2.24, 2.45) is 5.41 Å². The van der Waals surface area contributed by atoms with Crippen molar-refractivity contribution in [3.8, 4) is 0 Å². The molecule has 0 N–H and O–H groups in total. The van der Waals surface area contributed by atoms with E-state index < -0.39 is 0 Å². The third-order valence-electron chi connectivity index (χ3n) is 3.59. The van der Waals surface area contributed by atoms with Gasteiger partial charge in [-0.25, -0.2) is 0 Å². The Labute approximate surface area is 104 Å². The van der Waals surface area contributed by atoms with E-state index in [1.165, 1.54) is 63.5 Å². The highest BCUT2D eigenvalue weighted by molar-refractivity contribution is 9.09. The molecule has 0 atom stereocenters. The molecule has 90 valence electrons. The van der Waals surface area contributed by atoms with Gasteiger partial charge in [-0.3, -0.25) is 0 Å². The van der Waals surface area contributed by atoms with E-state index in [0.29, 0.717) is 5.41 Å². The van der Waals surface area contributed by atoms with Crippen molar-refractivity contribution in [2.75, 3.05) is 25.0 Å². The summed E-state index contributed by atoms with van der Waals surface area (Å²) in [6, 6.07) is 0. The largest absolute Gasteiger partial charge is 0.303 e. The number of hydrogen-bond donors (Lipinski definition) is 0. The van der Waals surface area contributed by atoms with Crippen LogP contribution in [0.3, 0.4) is 0 Å². The van der Waals surface area contributed by atoms with Gasteiger partial charge in [-0.1, -0.05) is 42.6 Å². The lowest BCUT2D eigenvalue weighted by molar-refractivity contribution is 0.172. The first kappa shape index (κ1) is 13.5. The second-order valence-corrected chi connectivity index (χ2v) is 5.68. The SMILES string of the molecule is CCCN(CCC)CC1(CBr)CCCC1. The molecular formula is C13H26BrN. The van der Waals surface area contributed by atoms with Crippen molar-refractivity contribution in [3.63, 3.8) is 0 Å². The van der Waals surface area contributed by atoms with Gasteiger partial charge in [0.05, 0.1) is 0 Å². The summed E-state index contributed by atoms with van der Waals surface area (Å²) in [5, 5.41) is 1.20. The minimum Gasteiger partial charge on any atom is -0.303 e. The summed E-state index contributed by atoms with van der Waals surface area (Å²) in [6.45, 7) is 8.46. The molecule has 1 fully saturated rings. The van der Waals surface area contributed by atoms with E-state index in [9.17, 15) is 0 Å². The minimum atomic E-state index is 0.602. The third kappa shape index (κ3) is 4.07.